The highest BCUT2D eigenvalue weighted by molar-refractivity contribution is 7.80. The Morgan fingerprint density at radius 3 is 2.50 bits per heavy atom. The van der Waals surface area contributed by atoms with Gasteiger partial charge < -0.3 is 5.32 Å². The van der Waals surface area contributed by atoms with Gasteiger partial charge in [0.05, 0.1) is 5.71 Å². The van der Waals surface area contributed by atoms with Crippen LogP contribution in [0.2, 0.25) is 0 Å². The molecule has 0 amide bonds. The summed E-state index contributed by atoms with van der Waals surface area (Å²) < 4.78 is 0. The highest BCUT2D eigenvalue weighted by Gasteiger charge is 1.95. The van der Waals surface area contributed by atoms with Gasteiger partial charge in [0.2, 0.25) is 0 Å². The van der Waals surface area contributed by atoms with Crippen molar-refractivity contribution < 1.29 is 0 Å². The number of nitrogens with one attached hydrogen (secondary N) is 2. The van der Waals surface area contributed by atoms with E-state index in [1.807, 2.05) is 37.3 Å². The molecular formula is C10H13N3S. The molecule has 3 nitrogen and oxygen atoms in total. The summed E-state index contributed by atoms with van der Waals surface area (Å²) in [7, 11) is 1.75. The Labute approximate surface area is 89.2 Å². The van der Waals surface area contributed by atoms with E-state index in [1.54, 1.807) is 7.05 Å². The number of thiocarbonyl (C=S) groups is 1. The van der Waals surface area contributed by atoms with Crippen LogP contribution in [0.4, 0.5) is 0 Å². The Bertz CT molecular complexity index is 332. The van der Waals surface area contributed by atoms with Crippen LogP contribution in [0.3, 0.4) is 0 Å². The molecule has 0 saturated heterocycles. The number of benzene rings is 1. The van der Waals surface area contributed by atoms with Gasteiger partial charge in [-0.2, -0.15) is 5.10 Å². The standard InChI is InChI=1S/C10H13N3S/c1-8(12-13-10(14)11-2)9-6-4-3-5-7-9/h3-7H,1-2H3,(H2,11,13,14)/b12-8-. The van der Waals surface area contributed by atoms with Crippen molar-refractivity contribution in [2.24, 2.45) is 5.10 Å². The number of hydrazone groups is 1. The van der Waals surface area contributed by atoms with E-state index in [0.717, 1.165) is 11.3 Å². The molecule has 0 heterocycles. The first-order valence-electron chi connectivity index (χ1n) is 4.31. The molecule has 0 bridgehead atoms. The minimum Gasteiger partial charge on any atom is -0.364 e. The summed E-state index contributed by atoms with van der Waals surface area (Å²) in [4.78, 5) is 0. The molecular weight excluding hydrogens is 194 g/mol. The van der Waals surface area contributed by atoms with Crippen LogP contribution < -0.4 is 10.7 Å². The van der Waals surface area contributed by atoms with E-state index in [9.17, 15) is 0 Å². The van der Waals surface area contributed by atoms with Crippen LogP contribution in [0.1, 0.15) is 12.5 Å². The average Bonchev–Trinajstić information content (AvgIpc) is 2.26. The van der Waals surface area contributed by atoms with Gasteiger partial charge in [-0.05, 0) is 24.7 Å². The van der Waals surface area contributed by atoms with Crippen molar-refractivity contribution in [1.82, 2.24) is 10.7 Å². The molecule has 0 fully saturated rings. The Hall–Kier alpha value is -1.42. The summed E-state index contributed by atoms with van der Waals surface area (Å²) in [5.74, 6) is 0. The lowest BCUT2D eigenvalue weighted by Crippen LogP contribution is -2.29. The van der Waals surface area contributed by atoms with Crippen LogP contribution in [0.15, 0.2) is 35.4 Å². The van der Waals surface area contributed by atoms with Crippen molar-refractivity contribution in [1.29, 1.82) is 0 Å². The average molecular weight is 207 g/mol. The predicted octanol–water partition coefficient (Wildman–Crippen LogP) is 1.50. The van der Waals surface area contributed by atoms with E-state index in [-0.39, 0.29) is 0 Å². The predicted molar refractivity (Wildman–Crippen MR) is 63.4 cm³/mol. The Morgan fingerprint density at radius 2 is 1.93 bits per heavy atom. The van der Waals surface area contributed by atoms with Crippen molar-refractivity contribution in [3.63, 3.8) is 0 Å². The molecule has 0 saturated carbocycles. The zero-order valence-electron chi connectivity index (χ0n) is 8.24. The van der Waals surface area contributed by atoms with Gasteiger partial charge in [-0.15, -0.1) is 0 Å². The fourth-order valence-electron chi connectivity index (χ4n) is 0.934. The highest BCUT2D eigenvalue weighted by Crippen LogP contribution is 1.99. The minimum atomic E-state index is 0.514. The van der Waals surface area contributed by atoms with Crippen LogP contribution in [-0.4, -0.2) is 17.9 Å². The molecule has 1 aromatic carbocycles. The summed E-state index contributed by atoms with van der Waals surface area (Å²) in [6, 6.07) is 9.93. The molecule has 2 N–H and O–H groups in total. The van der Waals surface area contributed by atoms with Crippen molar-refractivity contribution in [2.45, 2.75) is 6.92 Å². The van der Waals surface area contributed by atoms with Crippen molar-refractivity contribution in [2.75, 3.05) is 7.05 Å². The fourth-order valence-corrected chi connectivity index (χ4v) is 0.980. The molecule has 0 aliphatic heterocycles. The minimum absolute atomic E-state index is 0.514. The molecule has 14 heavy (non-hydrogen) atoms. The molecule has 0 spiro atoms. The third-order valence-corrected chi connectivity index (χ3v) is 2.04. The first kappa shape index (κ1) is 10.7. The fraction of sp³-hybridized carbons (Fsp3) is 0.200. The number of rotatable bonds is 2. The van der Waals surface area contributed by atoms with Gasteiger partial charge in [0.15, 0.2) is 5.11 Å². The molecule has 4 heteroatoms. The van der Waals surface area contributed by atoms with Crippen LogP contribution in [0.5, 0.6) is 0 Å². The van der Waals surface area contributed by atoms with E-state index in [4.69, 9.17) is 12.2 Å². The van der Waals surface area contributed by atoms with Crippen LogP contribution >= 0.6 is 12.2 Å². The van der Waals surface area contributed by atoms with Crippen molar-refractivity contribution in [3.8, 4) is 0 Å². The van der Waals surface area contributed by atoms with Gasteiger partial charge in [0.25, 0.3) is 0 Å². The second-order valence-electron chi connectivity index (χ2n) is 2.75. The Kier molecular flexibility index (Phi) is 4.07. The van der Waals surface area contributed by atoms with Gasteiger partial charge in [0.1, 0.15) is 0 Å². The second kappa shape index (κ2) is 5.34. The molecule has 1 rings (SSSR count). The Balaban J connectivity index is 2.66. The van der Waals surface area contributed by atoms with Gasteiger partial charge >= 0.3 is 0 Å². The number of nitrogens with zero attached hydrogens (tertiary/aromatic N) is 1. The maximum atomic E-state index is 4.89. The maximum Gasteiger partial charge on any atom is 0.186 e. The van der Waals surface area contributed by atoms with E-state index in [2.05, 4.69) is 15.8 Å². The van der Waals surface area contributed by atoms with E-state index < -0.39 is 0 Å². The lowest BCUT2D eigenvalue weighted by molar-refractivity contribution is 0.974. The smallest absolute Gasteiger partial charge is 0.186 e. The first-order valence-corrected chi connectivity index (χ1v) is 4.72. The molecule has 0 aliphatic carbocycles. The second-order valence-corrected chi connectivity index (χ2v) is 3.16. The van der Waals surface area contributed by atoms with Gasteiger partial charge in [0, 0.05) is 7.05 Å². The first-order chi connectivity index (χ1) is 6.74. The van der Waals surface area contributed by atoms with Crippen molar-refractivity contribution >= 4 is 23.0 Å². The topological polar surface area (TPSA) is 36.4 Å². The third-order valence-electron chi connectivity index (χ3n) is 1.74. The summed E-state index contributed by atoms with van der Waals surface area (Å²) in [5, 5.41) is 7.43. The molecule has 0 aromatic heterocycles. The molecule has 1 aromatic rings. The Morgan fingerprint density at radius 1 is 1.29 bits per heavy atom. The SMILES string of the molecule is CNC(=S)N/N=C(/C)c1ccccc1. The molecule has 74 valence electrons. The van der Waals surface area contributed by atoms with E-state index in [1.165, 1.54) is 0 Å². The molecule has 0 aliphatic rings. The molecule has 0 atom stereocenters. The summed E-state index contributed by atoms with van der Waals surface area (Å²) >= 11 is 4.89. The lowest BCUT2D eigenvalue weighted by Gasteiger charge is -2.03. The van der Waals surface area contributed by atoms with Gasteiger partial charge in [-0.25, -0.2) is 0 Å². The van der Waals surface area contributed by atoms with Gasteiger partial charge in [-0.3, -0.25) is 5.43 Å². The number of hydrogen-bond acceptors (Lipinski definition) is 2. The summed E-state index contributed by atoms with van der Waals surface area (Å²) in [6.07, 6.45) is 0. The summed E-state index contributed by atoms with van der Waals surface area (Å²) in [5.41, 5.74) is 4.73. The number of hydrogen-bond donors (Lipinski definition) is 2. The maximum absolute atomic E-state index is 4.89. The van der Waals surface area contributed by atoms with Crippen molar-refractivity contribution in [3.05, 3.63) is 35.9 Å². The van der Waals surface area contributed by atoms with Crippen LogP contribution in [0, 0.1) is 0 Å². The molecule has 0 radical (unpaired) electrons. The third kappa shape index (κ3) is 3.14. The molecule has 0 unspecified atom stereocenters. The summed E-state index contributed by atoms with van der Waals surface area (Å²) in [6.45, 7) is 1.93. The quantitative estimate of drug-likeness (QED) is 0.438. The highest BCUT2D eigenvalue weighted by atomic mass is 32.1. The monoisotopic (exact) mass is 207 g/mol. The lowest BCUT2D eigenvalue weighted by atomic mass is 10.1. The van der Waals surface area contributed by atoms with Crippen LogP contribution in [-0.2, 0) is 0 Å². The zero-order valence-corrected chi connectivity index (χ0v) is 9.06. The zero-order chi connectivity index (χ0) is 10.4. The largest absolute Gasteiger partial charge is 0.364 e. The van der Waals surface area contributed by atoms with Gasteiger partial charge in [-0.1, -0.05) is 30.3 Å². The normalized spacial score (nSPS) is 10.9. The van der Waals surface area contributed by atoms with E-state index in [0.29, 0.717) is 5.11 Å². The van der Waals surface area contributed by atoms with Crippen LogP contribution in [0.25, 0.3) is 0 Å². The van der Waals surface area contributed by atoms with E-state index >= 15 is 0 Å².